The van der Waals surface area contributed by atoms with Crippen molar-refractivity contribution in [3.63, 3.8) is 0 Å². The SMILES string of the molecule is Cc1cc2c(Nc3ccccc3OC(C)C)ncnc2s1. The molecule has 2 aromatic heterocycles. The van der Waals surface area contributed by atoms with Crippen LogP contribution in [0.1, 0.15) is 18.7 Å². The molecule has 21 heavy (non-hydrogen) atoms. The molecule has 3 rings (SSSR count). The Labute approximate surface area is 127 Å². The quantitative estimate of drug-likeness (QED) is 0.769. The molecule has 1 aromatic carbocycles. The van der Waals surface area contributed by atoms with Gasteiger partial charge in [-0.05, 0) is 39.0 Å². The van der Waals surface area contributed by atoms with E-state index < -0.39 is 0 Å². The van der Waals surface area contributed by atoms with Crippen molar-refractivity contribution in [2.24, 2.45) is 0 Å². The van der Waals surface area contributed by atoms with Gasteiger partial charge >= 0.3 is 0 Å². The number of para-hydroxylation sites is 2. The normalized spacial score (nSPS) is 11.0. The van der Waals surface area contributed by atoms with E-state index in [1.807, 2.05) is 38.1 Å². The fourth-order valence-corrected chi connectivity index (χ4v) is 2.98. The van der Waals surface area contributed by atoms with Gasteiger partial charge in [0.05, 0.1) is 17.2 Å². The zero-order chi connectivity index (χ0) is 14.8. The molecule has 0 saturated heterocycles. The second-order valence-corrected chi connectivity index (χ2v) is 6.32. The Morgan fingerprint density at radius 2 is 2.00 bits per heavy atom. The van der Waals surface area contributed by atoms with E-state index in [0.29, 0.717) is 0 Å². The summed E-state index contributed by atoms with van der Waals surface area (Å²) in [6.45, 7) is 6.11. The van der Waals surface area contributed by atoms with Crippen LogP contribution in [-0.4, -0.2) is 16.1 Å². The summed E-state index contributed by atoms with van der Waals surface area (Å²) >= 11 is 1.67. The number of aryl methyl sites for hydroxylation is 1. The van der Waals surface area contributed by atoms with E-state index in [9.17, 15) is 0 Å². The Morgan fingerprint density at radius 1 is 1.19 bits per heavy atom. The van der Waals surface area contributed by atoms with Crippen LogP contribution in [0.4, 0.5) is 11.5 Å². The number of thiophene rings is 1. The number of nitrogens with one attached hydrogen (secondary N) is 1. The molecule has 1 N–H and O–H groups in total. The first-order valence-corrected chi connectivity index (χ1v) is 7.69. The van der Waals surface area contributed by atoms with Gasteiger partial charge in [0.25, 0.3) is 0 Å². The average molecular weight is 299 g/mol. The highest BCUT2D eigenvalue weighted by Crippen LogP contribution is 2.32. The van der Waals surface area contributed by atoms with E-state index >= 15 is 0 Å². The first-order valence-electron chi connectivity index (χ1n) is 6.87. The maximum Gasteiger partial charge on any atom is 0.143 e. The predicted octanol–water partition coefficient (Wildman–Crippen LogP) is 4.53. The number of fused-ring (bicyclic) bond motifs is 1. The minimum atomic E-state index is 0.127. The van der Waals surface area contributed by atoms with Crippen molar-refractivity contribution in [2.75, 3.05) is 5.32 Å². The van der Waals surface area contributed by atoms with E-state index in [-0.39, 0.29) is 6.10 Å². The number of aromatic nitrogens is 2. The van der Waals surface area contributed by atoms with Gasteiger partial charge in [0.2, 0.25) is 0 Å². The van der Waals surface area contributed by atoms with Crippen molar-refractivity contribution in [1.82, 2.24) is 9.97 Å². The third kappa shape index (κ3) is 2.97. The predicted molar refractivity (Wildman–Crippen MR) is 87.6 cm³/mol. The van der Waals surface area contributed by atoms with Crippen molar-refractivity contribution in [3.8, 4) is 5.75 Å². The number of ether oxygens (including phenoxy) is 1. The van der Waals surface area contributed by atoms with Crippen LogP contribution in [0.5, 0.6) is 5.75 Å². The summed E-state index contributed by atoms with van der Waals surface area (Å²) in [6.07, 6.45) is 1.72. The second kappa shape index (κ2) is 5.69. The van der Waals surface area contributed by atoms with Gasteiger partial charge in [-0.25, -0.2) is 9.97 Å². The number of hydrogen-bond donors (Lipinski definition) is 1. The zero-order valence-electron chi connectivity index (χ0n) is 12.3. The van der Waals surface area contributed by atoms with Crippen LogP contribution in [0, 0.1) is 6.92 Å². The van der Waals surface area contributed by atoms with Crippen LogP contribution < -0.4 is 10.1 Å². The third-order valence-electron chi connectivity index (χ3n) is 2.96. The molecular weight excluding hydrogens is 282 g/mol. The van der Waals surface area contributed by atoms with E-state index in [1.165, 1.54) is 4.88 Å². The number of hydrogen-bond acceptors (Lipinski definition) is 5. The molecule has 0 radical (unpaired) electrons. The van der Waals surface area contributed by atoms with Crippen LogP contribution >= 0.6 is 11.3 Å². The van der Waals surface area contributed by atoms with E-state index in [1.54, 1.807) is 17.7 Å². The van der Waals surface area contributed by atoms with E-state index in [2.05, 4.69) is 28.3 Å². The van der Waals surface area contributed by atoms with Crippen molar-refractivity contribution in [3.05, 3.63) is 41.5 Å². The molecule has 0 spiro atoms. The molecule has 2 heterocycles. The number of rotatable bonds is 4. The highest BCUT2D eigenvalue weighted by atomic mass is 32.1. The molecule has 0 fully saturated rings. The summed E-state index contributed by atoms with van der Waals surface area (Å²) in [4.78, 5) is 10.9. The molecule has 0 aliphatic heterocycles. The molecule has 0 saturated carbocycles. The molecule has 5 heteroatoms. The van der Waals surface area contributed by atoms with Crippen molar-refractivity contribution >= 4 is 33.1 Å². The maximum absolute atomic E-state index is 5.83. The Kier molecular flexibility index (Phi) is 3.75. The summed E-state index contributed by atoms with van der Waals surface area (Å²) in [5.74, 6) is 1.63. The summed E-state index contributed by atoms with van der Waals surface area (Å²) in [6, 6.07) is 10.00. The van der Waals surface area contributed by atoms with Crippen molar-refractivity contribution < 1.29 is 4.74 Å². The van der Waals surface area contributed by atoms with Crippen LogP contribution in [0.2, 0.25) is 0 Å². The van der Waals surface area contributed by atoms with Crippen molar-refractivity contribution in [1.29, 1.82) is 0 Å². The molecule has 4 nitrogen and oxygen atoms in total. The largest absolute Gasteiger partial charge is 0.489 e. The first kappa shape index (κ1) is 13.8. The summed E-state index contributed by atoms with van der Waals surface area (Å²) in [7, 11) is 0. The number of benzene rings is 1. The Balaban J connectivity index is 1.99. The first-order chi connectivity index (χ1) is 10.1. The molecule has 108 valence electrons. The zero-order valence-corrected chi connectivity index (χ0v) is 13.1. The lowest BCUT2D eigenvalue weighted by atomic mass is 10.2. The Morgan fingerprint density at radius 3 is 2.81 bits per heavy atom. The highest BCUT2D eigenvalue weighted by molar-refractivity contribution is 7.18. The molecule has 3 aromatic rings. The summed E-state index contributed by atoms with van der Waals surface area (Å²) in [5, 5.41) is 4.41. The molecule has 0 aliphatic carbocycles. The van der Waals surface area contributed by atoms with Crippen LogP contribution in [0.15, 0.2) is 36.7 Å². The monoisotopic (exact) mass is 299 g/mol. The molecule has 0 atom stereocenters. The maximum atomic E-state index is 5.83. The van der Waals surface area contributed by atoms with Gasteiger partial charge in [-0.2, -0.15) is 0 Å². The van der Waals surface area contributed by atoms with Crippen molar-refractivity contribution in [2.45, 2.75) is 26.9 Å². The van der Waals surface area contributed by atoms with Gasteiger partial charge in [0, 0.05) is 4.88 Å². The van der Waals surface area contributed by atoms with Crippen LogP contribution in [-0.2, 0) is 0 Å². The second-order valence-electron chi connectivity index (χ2n) is 5.09. The Bertz CT molecular complexity index is 767. The van der Waals surface area contributed by atoms with Crippen LogP contribution in [0.3, 0.4) is 0 Å². The lowest BCUT2D eigenvalue weighted by Gasteiger charge is -2.15. The van der Waals surface area contributed by atoms with Gasteiger partial charge in [-0.1, -0.05) is 12.1 Å². The third-order valence-corrected chi connectivity index (χ3v) is 3.91. The minimum absolute atomic E-state index is 0.127. The van der Waals surface area contributed by atoms with E-state index in [0.717, 1.165) is 27.5 Å². The molecule has 0 amide bonds. The van der Waals surface area contributed by atoms with E-state index in [4.69, 9.17) is 4.74 Å². The van der Waals surface area contributed by atoms with Crippen LogP contribution in [0.25, 0.3) is 10.2 Å². The topological polar surface area (TPSA) is 47.0 Å². The molecule has 0 bridgehead atoms. The summed E-state index contributed by atoms with van der Waals surface area (Å²) < 4.78 is 5.83. The molecule has 0 unspecified atom stereocenters. The van der Waals surface area contributed by atoms with Gasteiger partial charge in [0.15, 0.2) is 0 Å². The fraction of sp³-hybridized carbons (Fsp3) is 0.250. The van der Waals surface area contributed by atoms with Gasteiger partial charge in [0.1, 0.15) is 22.7 Å². The molecular formula is C16H17N3OS. The number of nitrogens with zero attached hydrogens (tertiary/aromatic N) is 2. The fourth-order valence-electron chi connectivity index (χ4n) is 2.13. The van der Waals surface area contributed by atoms with Gasteiger partial charge in [-0.3, -0.25) is 0 Å². The highest BCUT2D eigenvalue weighted by Gasteiger charge is 2.10. The lowest BCUT2D eigenvalue weighted by Crippen LogP contribution is -2.07. The minimum Gasteiger partial charge on any atom is -0.489 e. The lowest BCUT2D eigenvalue weighted by molar-refractivity contribution is 0.244. The average Bonchev–Trinajstić information content (AvgIpc) is 2.82. The standard InChI is InChI=1S/C16H17N3OS/c1-10(2)20-14-7-5-4-6-13(14)19-15-12-8-11(3)21-16(12)18-9-17-15/h4-10H,1-3H3,(H,17,18,19). The summed E-state index contributed by atoms with van der Waals surface area (Å²) in [5.41, 5.74) is 0.912. The number of anilines is 2. The van der Waals surface area contributed by atoms with Gasteiger partial charge in [-0.15, -0.1) is 11.3 Å². The Hall–Kier alpha value is -2.14. The van der Waals surface area contributed by atoms with Gasteiger partial charge < -0.3 is 10.1 Å². The smallest absolute Gasteiger partial charge is 0.143 e. The molecule has 0 aliphatic rings.